The van der Waals surface area contributed by atoms with Crippen molar-refractivity contribution in [1.29, 1.82) is 0 Å². The van der Waals surface area contributed by atoms with E-state index in [-0.39, 0.29) is 17.3 Å². The van der Waals surface area contributed by atoms with Crippen LogP contribution in [0, 0.1) is 5.82 Å². The van der Waals surface area contributed by atoms with Crippen molar-refractivity contribution >= 4 is 5.91 Å². The number of aliphatic hydroxyl groups excluding tert-OH is 1. The fourth-order valence-corrected chi connectivity index (χ4v) is 3.58. The van der Waals surface area contributed by atoms with E-state index in [9.17, 15) is 9.18 Å². The van der Waals surface area contributed by atoms with E-state index in [2.05, 4.69) is 4.90 Å². The number of piperidine rings is 1. The van der Waals surface area contributed by atoms with Crippen molar-refractivity contribution in [3.8, 4) is 0 Å². The van der Waals surface area contributed by atoms with Gasteiger partial charge in [0.2, 0.25) is 5.91 Å². The van der Waals surface area contributed by atoms with Gasteiger partial charge < -0.3 is 10.0 Å². The molecule has 1 aromatic rings. The molecule has 4 nitrogen and oxygen atoms in total. The number of rotatable bonds is 3. The predicted molar refractivity (Wildman–Crippen MR) is 77.1 cm³/mol. The molecular weight excluding hydrogens is 271 g/mol. The summed E-state index contributed by atoms with van der Waals surface area (Å²) in [6, 6.07) is 6.71. The predicted octanol–water partition coefficient (Wildman–Crippen LogP) is 1.38. The molecule has 2 heterocycles. The number of benzene rings is 1. The van der Waals surface area contributed by atoms with E-state index in [1.165, 1.54) is 6.07 Å². The van der Waals surface area contributed by atoms with Crippen LogP contribution in [0.25, 0.3) is 0 Å². The van der Waals surface area contributed by atoms with Crippen LogP contribution in [0.1, 0.15) is 24.8 Å². The minimum atomic E-state index is -0.417. The number of aliphatic hydroxyl groups is 1. The SMILES string of the molecule is O=C(CO)N1CCCC2(CCN2Cc2cccc(F)c2)C1. The molecule has 2 aliphatic rings. The standard InChI is InChI=1S/C16H21FN2O2/c17-14-4-1-3-13(9-14)10-19-8-6-16(19)5-2-7-18(12-16)15(21)11-20/h1,3-4,9,20H,2,5-8,10-12H2. The molecule has 1 N–H and O–H groups in total. The zero-order chi connectivity index (χ0) is 14.9. The molecule has 2 aliphatic heterocycles. The van der Waals surface area contributed by atoms with Crippen LogP contribution in [0.4, 0.5) is 4.39 Å². The maximum atomic E-state index is 13.3. The van der Waals surface area contributed by atoms with Crippen molar-refractivity contribution in [1.82, 2.24) is 9.80 Å². The van der Waals surface area contributed by atoms with Gasteiger partial charge in [0.05, 0.1) is 0 Å². The van der Waals surface area contributed by atoms with Crippen molar-refractivity contribution in [3.05, 3.63) is 35.6 Å². The molecule has 21 heavy (non-hydrogen) atoms. The topological polar surface area (TPSA) is 43.8 Å². The maximum Gasteiger partial charge on any atom is 0.248 e. The molecule has 1 amide bonds. The Morgan fingerprint density at radius 3 is 2.86 bits per heavy atom. The molecule has 2 fully saturated rings. The monoisotopic (exact) mass is 292 g/mol. The van der Waals surface area contributed by atoms with Crippen molar-refractivity contribution in [2.45, 2.75) is 31.3 Å². The normalized spacial score (nSPS) is 25.9. The van der Waals surface area contributed by atoms with Crippen molar-refractivity contribution in [3.63, 3.8) is 0 Å². The lowest BCUT2D eigenvalue weighted by Gasteiger charge is -2.57. The number of likely N-dealkylation sites (tertiary alicyclic amines) is 2. The number of amides is 1. The maximum absolute atomic E-state index is 13.3. The lowest BCUT2D eigenvalue weighted by atomic mass is 9.77. The van der Waals surface area contributed by atoms with Crippen molar-refractivity contribution < 1.29 is 14.3 Å². The second-order valence-corrected chi connectivity index (χ2v) is 6.10. The summed E-state index contributed by atoms with van der Waals surface area (Å²) < 4.78 is 13.3. The number of carbonyl (C=O) groups excluding carboxylic acids is 1. The Labute approximate surface area is 124 Å². The molecule has 1 aromatic carbocycles. The smallest absolute Gasteiger partial charge is 0.248 e. The first kappa shape index (κ1) is 14.5. The van der Waals surface area contributed by atoms with E-state index in [0.717, 1.165) is 44.5 Å². The largest absolute Gasteiger partial charge is 0.387 e. The molecule has 0 radical (unpaired) electrons. The van der Waals surface area contributed by atoms with Gasteiger partial charge in [-0.05, 0) is 37.0 Å². The Kier molecular flexibility index (Phi) is 3.95. The number of carbonyl (C=O) groups is 1. The fraction of sp³-hybridized carbons (Fsp3) is 0.562. The van der Waals surface area contributed by atoms with Crippen LogP contribution < -0.4 is 0 Å². The molecule has 1 spiro atoms. The molecule has 5 heteroatoms. The third kappa shape index (κ3) is 2.80. The minimum absolute atomic E-state index is 0.0232. The first-order valence-electron chi connectivity index (χ1n) is 7.51. The summed E-state index contributed by atoms with van der Waals surface area (Å²) in [6.07, 6.45) is 3.10. The number of hydrogen-bond donors (Lipinski definition) is 1. The third-order valence-electron chi connectivity index (χ3n) is 4.82. The van der Waals surface area contributed by atoms with Crippen LogP contribution in [0.3, 0.4) is 0 Å². The summed E-state index contributed by atoms with van der Waals surface area (Å²) in [7, 11) is 0. The first-order chi connectivity index (χ1) is 10.1. The summed E-state index contributed by atoms with van der Waals surface area (Å²) in [6.45, 7) is 2.70. The number of halogens is 1. The first-order valence-corrected chi connectivity index (χ1v) is 7.51. The molecular formula is C16H21FN2O2. The molecule has 0 aliphatic carbocycles. The van der Waals surface area contributed by atoms with Gasteiger partial charge in [0.1, 0.15) is 12.4 Å². The lowest BCUT2D eigenvalue weighted by Crippen LogP contribution is -2.67. The zero-order valence-corrected chi connectivity index (χ0v) is 12.1. The summed E-state index contributed by atoms with van der Waals surface area (Å²) in [5.41, 5.74) is 0.995. The molecule has 0 saturated carbocycles. The van der Waals surface area contributed by atoms with E-state index in [0.29, 0.717) is 6.54 Å². The number of hydrogen-bond acceptors (Lipinski definition) is 3. The average Bonchev–Trinajstić information content (AvgIpc) is 2.51. The van der Waals surface area contributed by atoms with Gasteiger partial charge in [-0.15, -0.1) is 0 Å². The molecule has 3 rings (SSSR count). The molecule has 0 aromatic heterocycles. The Morgan fingerprint density at radius 2 is 2.19 bits per heavy atom. The van der Waals surface area contributed by atoms with Gasteiger partial charge in [0, 0.05) is 31.7 Å². The Morgan fingerprint density at radius 1 is 1.33 bits per heavy atom. The van der Waals surface area contributed by atoms with Gasteiger partial charge in [-0.1, -0.05) is 12.1 Å². The Bertz CT molecular complexity index is 537. The second-order valence-electron chi connectivity index (χ2n) is 6.10. The third-order valence-corrected chi connectivity index (χ3v) is 4.82. The van der Waals surface area contributed by atoms with Gasteiger partial charge in [0.25, 0.3) is 0 Å². The number of nitrogens with zero attached hydrogens (tertiary/aromatic N) is 2. The zero-order valence-electron chi connectivity index (χ0n) is 12.1. The Balaban J connectivity index is 1.69. The highest BCUT2D eigenvalue weighted by Crippen LogP contribution is 2.39. The Hall–Kier alpha value is -1.46. The van der Waals surface area contributed by atoms with Gasteiger partial charge in [0.15, 0.2) is 0 Å². The summed E-state index contributed by atoms with van der Waals surface area (Å²) in [4.78, 5) is 15.8. The van der Waals surface area contributed by atoms with Gasteiger partial charge in [-0.3, -0.25) is 9.69 Å². The second kappa shape index (κ2) is 5.73. The van der Waals surface area contributed by atoms with Crippen molar-refractivity contribution in [2.75, 3.05) is 26.2 Å². The van der Waals surface area contributed by atoms with E-state index >= 15 is 0 Å². The van der Waals surface area contributed by atoms with E-state index in [1.54, 1.807) is 17.0 Å². The highest BCUT2D eigenvalue weighted by Gasteiger charge is 2.47. The lowest BCUT2D eigenvalue weighted by molar-refractivity contribution is -0.143. The van der Waals surface area contributed by atoms with Crippen LogP contribution in [-0.4, -0.2) is 52.6 Å². The van der Waals surface area contributed by atoms with Gasteiger partial charge in [-0.2, -0.15) is 0 Å². The molecule has 1 atom stereocenters. The van der Waals surface area contributed by atoms with Crippen LogP contribution in [0.5, 0.6) is 0 Å². The minimum Gasteiger partial charge on any atom is -0.387 e. The van der Waals surface area contributed by atoms with Crippen molar-refractivity contribution in [2.24, 2.45) is 0 Å². The van der Waals surface area contributed by atoms with E-state index < -0.39 is 6.61 Å². The van der Waals surface area contributed by atoms with Crippen LogP contribution >= 0.6 is 0 Å². The van der Waals surface area contributed by atoms with E-state index in [1.807, 2.05) is 6.07 Å². The highest BCUT2D eigenvalue weighted by atomic mass is 19.1. The fourth-order valence-electron chi connectivity index (χ4n) is 3.58. The van der Waals surface area contributed by atoms with Crippen LogP contribution in [0.2, 0.25) is 0 Å². The highest BCUT2D eigenvalue weighted by molar-refractivity contribution is 5.77. The molecule has 2 saturated heterocycles. The van der Waals surface area contributed by atoms with Crippen LogP contribution in [-0.2, 0) is 11.3 Å². The molecule has 114 valence electrons. The van der Waals surface area contributed by atoms with Gasteiger partial charge >= 0.3 is 0 Å². The van der Waals surface area contributed by atoms with E-state index in [4.69, 9.17) is 5.11 Å². The summed E-state index contributed by atoms with van der Waals surface area (Å²) in [5.74, 6) is -0.394. The van der Waals surface area contributed by atoms with Crippen LogP contribution in [0.15, 0.2) is 24.3 Å². The average molecular weight is 292 g/mol. The molecule has 1 unspecified atom stereocenters. The molecule has 0 bridgehead atoms. The quantitative estimate of drug-likeness (QED) is 0.915. The summed E-state index contributed by atoms with van der Waals surface area (Å²) in [5, 5.41) is 9.03. The summed E-state index contributed by atoms with van der Waals surface area (Å²) >= 11 is 0. The van der Waals surface area contributed by atoms with Gasteiger partial charge in [-0.25, -0.2) is 4.39 Å².